The van der Waals surface area contributed by atoms with E-state index in [2.05, 4.69) is 10.2 Å². The highest BCUT2D eigenvalue weighted by atomic mass is 19.4. The third-order valence-electron chi connectivity index (χ3n) is 2.33. The molecule has 2 N–H and O–H groups in total. The van der Waals surface area contributed by atoms with Crippen LogP contribution in [-0.4, -0.2) is 35.2 Å². The molecule has 0 unspecified atom stereocenters. The van der Waals surface area contributed by atoms with Crippen molar-refractivity contribution >= 4 is 5.97 Å². The van der Waals surface area contributed by atoms with Crippen LogP contribution in [0.1, 0.15) is 11.6 Å². The van der Waals surface area contributed by atoms with Crippen molar-refractivity contribution in [3.8, 4) is 0 Å². The van der Waals surface area contributed by atoms with E-state index in [1.165, 1.54) is 0 Å². The number of nitrogens with one attached hydrogen (secondary N) is 2. The predicted octanol–water partition coefficient (Wildman–Crippen LogP) is -0.619. The van der Waals surface area contributed by atoms with Gasteiger partial charge in [0.2, 0.25) is 0 Å². The van der Waals surface area contributed by atoms with E-state index in [4.69, 9.17) is 0 Å². The lowest BCUT2D eigenvalue weighted by Crippen LogP contribution is -2.43. The highest BCUT2D eigenvalue weighted by Crippen LogP contribution is 2.19. The fourth-order valence-corrected chi connectivity index (χ4v) is 1.38. The summed E-state index contributed by atoms with van der Waals surface area (Å²) in [5.74, 6) is -2.52. The molecule has 0 aromatic carbocycles. The first kappa shape index (κ1) is 11.7. The maximum Gasteiger partial charge on any atom is 0.493 e. The molecule has 0 aliphatic carbocycles. The van der Waals surface area contributed by atoms with Crippen molar-refractivity contribution in [2.75, 3.05) is 13.1 Å². The Morgan fingerprint density at radius 1 is 1.47 bits per heavy atom. The molecule has 1 aliphatic heterocycles. The summed E-state index contributed by atoms with van der Waals surface area (Å²) >= 11 is 0. The summed E-state index contributed by atoms with van der Waals surface area (Å²) in [6, 6.07) is 1.11. The zero-order valence-corrected chi connectivity index (χ0v) is 8.37. The van der Waals surface area contributed by atoms with Crippen molar-refractivity contribution in [3.05, 3.63) is 22.1 Å². The molecule has 9 heteroatoms. The van der Waals surface area contributed by atoms with Gasteiger partial charge >= 0.3 is 12.1 Å². The minimum absolute atomic E-state index is 0.144. The van der Waals surface area contributed by atoms with Crippen molar-refractivity contribution < 1.29 is 22.8 Å². The number of aromatic nitrogens is 2. The van der Waals surface area contributed by atoms with Crippen molar-refractivity contribution in [3.63, 3.8) is 0 Å². The average molecular weight is 251 g/mol. The van der Waals surface area contributed by atoms with E-state index in [9.17, 15) is 22.8 Å². The van der Waals surface area contributed by atoms with E-state index in [0.717, 1.165) is 6.07 Å². The molecule has 0 amide bonds. The van der Waals surface area contributed by atoms with Crippen LogP contribution in [0.2, 0.25) is 0 Å². The van der Waals surface area contributed by atoms with Crippen molar-refractivity contribution in [1.82, 2.24) is 15.3 Å². The van der Waals surface area contributed by atoms with Gasteiger partial charge in [-0.05, 0) is 0 Å². The lowest BCUT2D eigenvalue weighted by molar-refractivity contribution is -0.201. The molecule has 94 valence electrons. The van der Waals surface area contributed by atoms with Gasteiger partial charge in [-0.2, -0.15) is 13.2 Å². The molecule has 2 heterocycles. The van der Waals surface area contributed by atoms with E-state index in [-0.39, 0.29) is 11.6 Å². The van der Waals surface area contributed by atoms with Crippen LogP contribution in [0.15, 0.2) is 10.9 Å². The lowest BCUT2D eigenvalue weighted by Gasteiger charge is -2.26. The average Bonchev–Trinajstić information content (AvgIpc) is 2.42. The Hall–Kier alpha value is -1.77. The second kappa shape index (κ2) is 3.91. The van der Waals surface area contributed by atoms with Gasteiger partial charge < -0.3 is 10.2 Å². The van der Waals surface area contributed by atoms with Crippen LogP contribution in [-0.2, 0) is 4.79 Å². The Labute approximate surface area is 92.3 Å². The fraction of sp³-hybridized carbons (Fsp3) is 0.500. The Kier molecular flexibility index (Phi) is 2.69. The molecule has 2 rings (SSSR count). The van der Waals surface area contributed by atoms with Crippen LogP contribution in [0.25, 0.3) is 0 Å². The number of nitrogens with zero attached hydrogens (tertiary/aromatic N) is 1. The van der Waals surface area contributed by atoms with Gasteiger partial charge in [0, 0.05) is 25.1 Å². The predicted molar refractivity (Wildman–Crippen MR) is 48.3 cm³/mol. The van der Waals surface area contributed by atoms with E-state index in [1.807, 2.05) is 5.10 Å². The zero-order valence-electron chi connectivity index (χ0n) is 8.37. The minimum atomic E-state index is -5.10. The molecule has 0 atom stereocenters. The number of carbonyl (C=O) groups excluding carboxylic acids is 1. The maximum atomic E-state index is 12.0. The third-order valence-corrected chi connectivity index (χ3v) is 2.33. The van der Waals surface area contributed by atoms with Gasteiger partial charge in [-0.1, -0.05) is 0 Å². The first-order valence-electron chi connectivity index (χ1n) is 4.70. The van der Waals surface area contributed by atoms with Crippen LogP contribution >= 0.6 is 0 Å². The summed E-state index contributed by atoms with van der Waals surface area (Å²) in [7, 11) is 0. The van der Waals surface area contributed by atoms with E-state index < -0.39 is 17.7 Å². The SMILES string of the molecule is O=C(On1[nH]c(=O)cc1C1CNC1)C(F)(F)F. The smallest absolute Gasteiger partial charge is 0.315 e. The molecular formula is C8H8F3N3O3. The molecule has 0 spiro atoms. The molecule has 1 aliphatic rings. The van der Waals surface area contributed by atoms with Gasteiger partial charge in [0.05, 0.1) is 5.69 Å². The Bertz CT molecular complexity index is 486. The van der Waals surface area contributed by atoms with Crippen LogP contribution in [0.3, 0.4) is 0 Å². The van der Waals surface area contributed by atoms with E-state index >= 15 is 0 Å². The molecule has 0 bridgehead atoms. The molecule has 1 aromatic heterocycles. The van der Waals surface area contributed by atoms with E-state index in [1.54, 1.807) is 0 Å². The number of alkyl halides is 3. The standard InChI is InChI=1S/C8H8F3N3O3/c9-8(10,11)7(16)17-14-5(1-6(15)13-14)4-2-12-3-4/h1,4,12H,2-3H2,(H,13,15). The van der Waals surface area contributed by atoms with Gasteiger partial charge in [0.15, 0.2) is 0 Å². The zero-order chi connectivity index (χ0) is 12.6. The first-order valence-corrected chi connectivity index (χ1v) is 4.70. The summed E-state index contributed by atoms with van der Waals surface area (Å²) in [6.07, 6.45) is -5.10. The second-order valence-corrected chi connectivity index (χ2v) is 3.57. The number of carbonyl (C=O) groups is 1. The highest BCUT2D eigenvalue weighted by Gasteiger charge is 2.42. The maximum absolute atomic E-state index is 12.0. The molecule has 0 saturated carbocycles. The van der Waals surface area contributed by atoms with Crippen molar-refractivity contribution in [1.29, 1.82) is 0 Å². The molecule has 1 saturated heterocycles. The number of hydrogen-bond acceptors (Lipinski definition) is 4. The summed E-state index contributed by atoms with van der Waals surface area (Å²) in [6.45, 7) is 1.03. The molecular weight excluding hydrogens is 243 g/mol. The Morgan fingerprint density at radius 3 is 2.59 bits per heavy atom. The molecule has 1 fully saturated rings. The second-order valence-electron chi connectivity index (χ2n) is 3.57. The van der Waals surface area contributed by atoms with Crippen LogP contribution in [0.5, 0.6) is 0 Å². The Balaban J connectivity index is 2.20. The summed E-state index contributed by atoms with van der Waals surface area (Å²) in [5, 5.41) is 4.87. The topological polar surface area (TPSA) is 76.1 Å². The number of halogens is 3. The van der Waals surface area contributed by atoms with Crippen molar-refractivity contribution in [2.45, 2.75) is 12.1 Å². The lowest BCUT2D eigenvalue weighted by atomic mass is 10.00. The summed E-state index contributed by atoms with van der Waals surface area (Å²) in [5.41, 5.74) is -0.409. The van der Waals surface area contributed by atoms with Crippen LogP contribution < -0.4 is 15.7 Å². The first-order chi connectivity index (χ1) is 7.88. The number of aromatic amines is 1. The van der Waals surface area contributed by atoms with Gasteiger partial charge in [0.25, 0.3) is 5.56 Å². The largest absolute Gasteiger partial charge is 0.493 e. The fourth-order valence-electron chi connectivity index (χ4n) is 1.38. The van der Waals surface area contributed by atoms with Gasteiger partial charge in [-0.25, -0.2) is 9.89 Å². The molecule has 17 heavy (non-hydrogen) atoms. The molecule has 1 aromatic rings. The van der Waals surface area contributed by atoms with Crippen LogP contribution in [0, 0.1) is 0 Å². The van der Waals surface area contributed by atoms with Gasteiger partial charge in [-0.15, -0.1) is 4.85 Å². The van der Waals surface area contributed by atoms with Gasteiger partial charge in [-0.3, -0.25) is 4.79 Å². The summed E-state index contributed by atoms with van der Waals surface area (Å²) < 4.78 is 35.9. The molecule has 6 nitrogen and oxygen atoms in total. The van der Waals surface area contributed by atoms with E-state index in [0.29, 0.717) is 17.9 Å². The molecule has 0 radical (unpaired) electrons. The number of rotatable bonds is 2. The normalized spacial score (nSPS) is 16.6. The van der Waals surface area contributed by atoms with Crippen LogP contribution in [0.4, 0.5) is 13.2 Å². The third kappa shape index (κ3) is 2.33. The van der Waals surface area contributed by atoms with Crippen molar-refractivity contribution in [2.24, 2.45) is 0 Å². The Morgan fingerprint density at radius 2 is 2.12 bits per heavy atom. The van der Waals surface area contributed by atoms with Gasteiger partial charge in [0.1, 0.15) is 0 Å². The minimum Gasteiger partial charge on any atom is -0.315 e. The quantitative estimate of drug-likeness (QED) is 0.734. The highest BCUT2D eigenvalue weighted by molar-refractivity contribution is 5.75. The summed E-state index contributed by atoms with van der Waals surface area (Å²) in [4.78, 5) is 26.2. The monoisotopic (exact) mass is 251 g/mol. The number of hydrogen-bond donors (Lipinski definition) is 2. The number of H-pyrrole nitrogens is 1.